The predicted molar refractivity (Wildman–Crippen MR) is 67.8 cm³/mol. The number of nitrogens with one attached hydrogen (secondary N) is 1. The Bertz CT molecular complexity index is 602. The molecule has 0 saturated heterocycles. The maximum atomic E-state index is 11.7. The molecule has 0 saturated carbocycles. The molecule has 0 aliphatic heterocycles. The second-order valence-corrected chi connectivity index (χ2v) is 3.88. The first-order valence-electron chi connectivity index (χ1n) is 5.58. The molecule has 2 aromatic rings. The van der Waals surface area contributed by atoms with Crippen molar-refractivity contribution in [2.75, 3.05) is 0 Å². The van der Waals surface area contributed by atoms with E-state index in [1.54, 1.807) is 0 Å². The summed E-state index contributed by atoms with van der Waals surface area (Å²) in [6, 6.07) is 10.8. The van der Waals surface area contributed by atoms with Crippen LogP contribution < -0.4 is 10.2 Å². The minimum atomic E-state index is -0.296. The highest BCUT2D eigenvalue weighted by Gasteiger charge is 2.12. The summed E-state index contributed by atoms with van der Waals surface area (Å²) in [5.41, 5.74) is 0.851. The fraction of sp³-hybridized carbons (Fsp3) is 0.143. The molecule has 92 valence electrons. The van der Waals surface area contributed by atoms with E-state index in [9.17, 15) is 9.59 Å². The molecule has 0 unspecified atom stereocenters. The van der Waals surface area contributed by atoms with Gasteiger partial charge in [0.25, 0.3) is 0 Å². The Morgan fingerprint density at radius 2 is 1.94 bits per heavy atom. The van der Waals surface area contributed by atoms with Crippen molar-refractivity contribution in [1.29, 1.82) is 0 Å². The molecule has 1 N–H and O–H groups in total. The highest BCUT2D eigenvalue weighted by Crippen LogP contribution is 2.12. The van der Waals surface area contributed by atoms with Crippen molar-refractivity contribution >= 4 is 5.78 Å². The molecular weight excluding hydrogens is 230 g/mol. The Balaban J connectivity index is 2.24. The van der Waals surface area contributed by atoms with Crippen LogP contribution in [0.5, 0.6) is 5.75 Å². The number of H-pyrrole nitrogens is 1. The van der Waals surface area contributed by atoms with Crippen molar-refractivity contribution in [3.63, 3.8) is 0 Å². The van der Waals surface area contributed by atoms with Gasteiger partial charge in [-0.05, 0) is 5.56 Å². The fourth-order valence-electron chi connectivity index (χ4n) is 1.60. The molecule has 1 aromatic heterocycles. The molecule has 1 heterocycles. The molecule has 18 heavy (non-hydrogen) atoms. The Labute approximate surface area is 104 Å². The van der Waals surface area contributed by atoms with E-state index in [1.807, 2.05) is 30.3 Å². The average molecular weight is 243 g/mol. The number of hydrogen-bond donors (Lipinski definition) is 1. The van der Waals surface area contributed by atoms with Gasteiger partial charge in [-0.1, -0.05) is 30.3 Å². The SMILES string of the molecule is CC(=O)c1[nH]ccc(=O)c1OCc1ccccc1. The van der Waals surface area contributed by atoms with Gasteiger partial charge in [0.15, 0.2) is 11.5 Å². The maximum Gasteiger partial charge on any atom is 0.224 e. The van der Waals surface area contributed by atoms with Crippen molar-refractivity contribution in [1.82, 2.24) is 4.98 Å². The number of ether oxygens (including phenoxy) is 1. The number of carbonyl (C=O) groups excluding carboxylic acids is 1. The van der Waals surface area contributed by atoms with Gasteiger partial charge in [0, 0.05) is 19.2 Å². The zero-order chi connectivity index (χ0) is 13.0. The molecule has 0 amide bonds. The van der Waals surface area contributed by atoms with Crippen LogP contribution in [0.15, 0.2) is 47.4 Å². The first kappa shape index (κ1) is 12.1. The standard InChI is InChI=1S/C14H13NO3/c1-10(16)13-14(12(17)7-8-15-13)18-9-11-5-3-2-4-6-11/h2-8H,9H2,1H3,(H,15,17). The average Bonchev–Trinajstić information content (AvgIpc) is 2.38. The Kier molecular flexibility index (Phi) is 3.57. The number of Topliss-reactive ketones (excluding diaryl/α,β-unsaturated/α-hetero) is 1. The Morgan fingerprint density at radius 3 is 2.61 bits per heavy atom. The van der Waals surface area contributed by atoms with Gasteiger partial charge in [-0.3, -0.25) is 9.59 Å². The van der Waals surface area contributed by atoms with E-state index < -0.39 is 0 Å². The van der Waals surface area contributed by atoms with Crippen LogP contribution in [0.1, 0.15) is 23.0 Å². The van der Waals surface area contributed by atoms with E-state index in [0.29, 0.717) is 0 Å². The molecule has 4 heteroatoms. The van der Waals surface area contributed by atoms with Gasteiger partial charge in [-0.2, -0.15) is 0 Å². The smallest absolute Gasteiger partial charge is 0.224 e. The van der Waals surface area contributed by atoms with Crippen LogP contribution in [-0.4, -0.2) is 10.8 Å². The van der Waals surface area contributed by atoms with Crippen LogP contribution in [0, 0.1) is 0 Å². The molecule has 0 spiro atoms. The summed E-state index contributed by atoms with van der Waals surface area (Å²) in [5, 5.41) is 0. The fourth-order valence-corrected chi connectivity index (χ4v) is 1.60. The number of benzene rings is 1. The minimum Gasteiger partial charge on any atom is -0.483 e. The topological polar surface area (TPSA) is 59.2 Å². The zero-order valence-corrected chi connectivity index (χ0v) is 9.97. The Morgan fingerprint density at radius 1 is 1.22 bits per heavy atom. The lowest BCUT2D eigenvalue weighted by atomic mass is 10.2. The lowest BCUT2D eigenvalue weighted by Gasteiger charge is -2.08. The van der Waals surface area contributed by atoms with Gasteiger partial charge in [0.05, 0.1) is 0 Å². The van der Waals surface area contributed by atoms with E-state index in [4.69, 9.17) is 4.74 Å². The third-order valence-electron chi connectivity index (χ3n) is 2.49. The van der Waals surface area contributed by atoms with Gasteiger partial charge in [0.1, 0.15) is 12.3 Å². The summed E-state index contributed by atoms with van der Waals surface area (Å²) in [4.78, 5) is 25.8. The number of hydrogen-bond acceptors (Lipinski definition) is 3. The summed E-state index contributed by atoms with van der Waals surface area (Å²) < 4.78 is 5.45. The van der Waals surface area contributed by atoms with E-state index in [2.05, 4.69) is 4.98 Å². The number of rotatable bonds is 4. The molecule has 0 radical (unpaired) electrons. The number of aromatic nitrogens is 1. The van der Waals surface area contributed by atoms with E-state index in [-0.39, 0.29) is 29.3 Å². The molecule has 1 aromatic carbocycles. The van der Waals surface area contributed by atoms with E-state index >= 15 is 0 Å². The summed E-state index contributed by atoms with van der Waals surface area (Å²) in [5.74, 6) is -0.149. The lowest BCUT2D eigenvalue weighted by molar-refractivity contribution is 0.100. The summed E-state index contributed by atoms with van der Waals surface area (Å²) >= 11 is 0. The highest BCUT2D eigenvalue weighted by molar-refractivity contribution is 5.94. The molecular formula is C14H13NO3. The first-order chi connectivity index (χ1) is 8.68. The third kappa shape index (κ3) is 2.66. The normalized spacial score (nSPS) is 10.1. The molecule has 0 bridgehead atoms. The number of pyridine rings is 1. The molecule has 0 aliphatic rings. The highest BCUT2D eigenvalue weighted by atomic mass is 16.5. The summed E-state index contributed by atoms with van der Waals surface area (Å²) in [6.45, 7) is 1.65. The van der Waals surface area contributed by atoms with Crippen molar-refractivity contribution in [2.45, 2.75) is 13.5 Å². The van der Waals surface area contributed by atoms with Crippen LogP contribution in [0.3, 0.4) is 0 Å². The predicted octanol–water partition coefficient (Wildman–Crippen LogP) is 2.16. The van der Waals surface area contributed by atoms with Crippen LogP contribution in [0.2, 0.25) is 0 Å². The zero-order valence-electron chi connectivity index (χ0n) is 9.97. The summed E-state index contributed by atoms with van der Waals surface area (Å²) in [7, 11) is 0. The van der Waals surface area contributed by atoms with Crippen LogP contribution in [0.25, 0.3) is 0 Å². The van der Waals surface area contributed by atoms with Gasteiger partial charge >= 0.3 is 0 Å². The van der Waals surface area contributed by atoms with Gasteiger partial charge in [0.2, 0.25) is 5.43 Å². The van der Waals surface area contributed by atoms with Crippen molar-refractivity contribution in [3.05, 3.63) is 64.1 Å². The lowest BCUT2D eigenvalue weighted by Crippen LogP contribution is -2.13. The minimum absolute atomic E-state index is 0.0776. The monoisotopic (exact) mass is 243 g/mol. The number of carbonyl (C=O) groups is 1. The second-order valence-electron chi connectivity index (χ2n) is 3.88. The molecule has 0 aliphatic carbocycles. The summed E-state index contributed by atoms with van der Waals surface area (Å²) in [6.07, 6.45) is 1.44. The first-order valence-corrected chi connectivity index (χ1v) is 5.58. The van der Waals surface area contributed by atoms with E-state index in [0.717, 1.165) is 5.56 Å². The van der Waals surface area contributed by atoms with Crippen LogP contribution in [-0.2, 0) is 6.61 Å². The Hall–Kier alpha value is -2.36. The van der Waals surface area contributed by atoms with Gasteiger partial charge in [-0.15, -0.1) is 0 Å². The van der Waals surface area contributed by atoms with Gasteiger partial charge in [-0.25, -0.2) is 0 Å². The van der Waals surface area contributed by atoms with Crippen LogP contribution >= 0.6 is 0 Å². The third-order valence-corrected chi connectivity index (χ3v) is 2.49. The van der Waals surface area contributed by atoms with Crippen molar-refractivity contribution in [2.24, 2.45) is 0 Å². The second kappa shape index (κ2) is 5.31. The number of aromatic amines is 1. The van der Waals surface area contributed by atoms with Crippen molar-refractivity contribution < 1.29 is 9.53 Å². The number of ketones is 1. The maximum absolute atomic E-state index is 11.7. The van der Waals surface area contributed by atoms with Gasteiger partial charge < -0.3 is 9.72 Å². The molecule has 4 nitrogen and oxygen atoms in total. The molecule has 0 fully saturated rings. The largest absolute Gasteiger partial charge is 0.483 e. The quantitative estimate of drug-likeness (QED) is 0.837. The molecule has 0 atom stereocenters. The van der Waals surface area contributed by atoms with E-state index in [1.165, 1.54) is 19.2 Å². The van der Waals surface area contributed by atoms with Crippen LogP contribution in [0.4, 0.5) is 0 Å². The van der Waals surface area contributed by atoms with Crippen molar-refractivity contribution in [3.8, 4) is 5.75 Å². The molecule has 2 rings (SSSR count).